The lowest BCUT2D eigenvalue weighted by molar-refractivity contribution is -0.0512. The maximum atomic E-state index is 12.3. The van der Waals surface area contributed by atoms with E-state index in [0.717, 1.165) is 37.1 Å². The van der Waals surface area contributed by atoms with Crippen LogP contribution in [0.15, 0.2) is 23.2 Å². The summed E-state index contributed by atoms with van der Waals surface area (Å²) < 4.78 is 34.2. The number of methoxy groups -OCH3 is 1. The normalized spacial score (nSPS) is 18.9. The Morgan fingerprint density at radius 1 is 1.35 bits per heavy atom. The van der Waals surface area contributed by atoms with Crippen molar-refractivity contribution >= 4 is 5.71 Å². The molecule has 1 aromatic rings. The Hall–Kier alpha value is -1.65. The predicted octanol–water partition coefficient (Wildman–Crippen LogP) is 3.91. The molecule has 0 radical (unpaired) electrons. The Labute approximate surface area is 117 Å². The molecule has 3 nitrogen and oxygen atoms in total. The van der Waals surface area contributed by atoms with Crippen molar-refractivity contribution in [2.75, 3.05) is 13.7 Å². The van der Waals surface area contributed by atoms with Gasteiger partial charge in [0.15, 0.2) is 11.5 Å². The van der Waals surface area contributed by atoms with Crippen LogP contribution in [0.25, 0.3) is 0 Å². The lowest BCUT2D eigenvalue weighted by atomic mass is 9.88. The van der Waals surface area contributed by atoms with E-state index in [9.17, 15) is 8.78 Å². The second kappa shape index (κ2) is 6.68. The number of rotatable bonds is 5. The number of aliphatic imine (C=N–C) groups is 1. The van der Waals surface area contributed by atoms with Gasteiger partial charge in [0.1, 0.15) is 0 Å². The van der Waals surface area contributed by atoms with Gasteiger partial charge in [0.25, 0.3) is 0 Å². The maximum Gasteiger partial charge on any atom is 0.387 e. The number of alkyl halides is 2. The number of hydrogen-bond acceptors (Lipinski definition) is 3. The van der Waals surface area contributed by atoms with Crippen LogP contribution in [0, 0.1) is 5.92 Å². The molecular weight excluding hydrogens is 264 g/mol. The first-order valence-electron chi connectivity index (χ1n) is 6.83. The van der Waals surface area contributed by atoms with Gasteiger partial charge in [-0.25, -0.2) is 0 Å². The van der Waals surface area contributed by atoms with E-state index in [0.29, 0.717) is 11.7 Å². The molecule has 1 aromatic carbocycles. The SMILES string of the molecule is CCC1CCCN=C1c1ccc(OC(F)F)c(OC)c1. The summed E-state index contributed by atoms with van der Waals surface area (Å²) in [6.07, 6.45) is 3.25. The van der Waals surface area contributed by atoms with Gasteiger partial charge in [0.2, 0.25) is 0 Å². The minimum atomic E-state index is -2.86. The molecule has 0 saturated carbocycles. The number of benzene rings is 1. The zero-order valence-electron chi connectivity index (χ0n) is 11.7. The average Bonchev–Trinajstić information content (AvgIpc) is 2.47. The molecule has 0 bridgehead atoms. The first-order valence-corrected chi connectivity index (χ1v) is 6.83. The molecular formula is C15H19F2NO2. The van der Waals surface area contributed by atoms with Gasteiger partial charge in [-0.15, -0.1) is 0 Å². The first kappa shape index (κ1) is 14.8. The molecule has 1 heterocycles. The number of ether oxygens (including phenoxy) is 2. The molecule has 5 heteroatoms. The molecule has 1 aliphatic heterocycles. The monoisotopic (exact) mass is 283 g/mol. The van der Waals surface area contributed by atoms with Gasteiger partial charge in [0, 0.05) is 18.2 Å². The predicted molar refractivity (Wildman–Crippen MR) is 74.0 cm³/mol. The third kappa shape index (κ3) is 3.26. The number of hydrogen-bond donors (Lipinski definition) is 0. The van der Waals surface area contributed by atoms with Crippen LogP contribution in [0.1, 0.15) is 31.7 Å². The van der Waals surface area contributed by atoms with Crippen molar-refractivity contribution in [3.63, 3.8) is 0 Å². The van der Waals surface area contributed by atoms with Crippen LogP contribution in [0.2, 0.25) is 0 Å². The molecule has 0 aromatic heterocycles. The molecule has 0 amide bonds. The molecule has 0 fully saturated rings. The van der Waals surface area contributed by atoms with Gasteiger partial charge < -0.3 is 9.47 Å². The molecule has 1 atom stereocenters. The van der Waals surface area contributed by atoms with Gasteiger partial charge in [-0.05, 0) is 43.0 Å². The fourth-order valence-corrected chi connectivity index (χ4v) is 2.55. The zero-order chi connectivity index (χ0) is 14.5. The van der Waals surface area contributed by atoms with E-state index in [1.807, 2.05) is 0 Å². The van der Waals surface area contributed by atoms with Crippen LogP contribution in [0.3, 0.4) is 0 Å². The molecule has 0 N–H and O–H groups in total. The minimum Gasteiger partial charge on any atom is -0.493 e. The first-order chi connectivity index (χ1) is 9.65. The number of halogens is 2. The van der Waals surface area contributed by atoms with Gasteiger partial charge in [-0.2, -0.15) is 8.78 Å². The summed E-state index contributed by atoms with van der Waals surface area (Å²) in [5.41, 5.74) is 1.97. The molecule has 1 aliphatic rings. The van der Waals surface area contributed by atoms with Gasteiger partial charge >= 0.3 is 6.61 Å². The standard InChI is InChI=1S/C15H19F2NO2/c1-3-10-5-4-8-18-14(10)11-6-7-12(20-15(16)17)13(9-11)19-2/h6-7,9-10,15H,3-5,8H2,1-2H3. The third-order valence-corrected chi connectivity index (χ3v) is 3.55. The summed E-state index contributed by atoms with van der Waals surface area (Å²) in [4.78, 5) is 4.59. The van der Waals surface area contributed by atoms with E-state index in [2.05, 4.69) is 16.7 Å². The molecule has 0 spiro atoms. The lowest BCUT2D eigenvalue weighted by Crippen LogP contribution is -2.20. The topological polar surface area (TPSA) is 30.8 Å². The summed E-state index contributed by atoms with van der Waals surface area (Å²) in [6, 6.07) is 5.02. The third-order valence-electron chi connectivity index (χ3n) is 3.55. The van der Waals surface area contributed by atoms with Crippen LogP contribution in [-0.2, 0) is 0 Å². The maximum absolute atomic E-state index is 12.3. The second-order valence-electron chi connectivity index (χ2n) is 4.76. The molecule has 0 saturated heterocycles. The van der Waals surface area contributed by atoms with Crippen molar-refractivity contribution in [1.82, 2.24) is 0 Å². The van der Waals surface area contributed by atoms with Crippen molar-refractivity contribution in [3.8, 4) is 11.5 Å². The fourth-order valence-electron chi connectivity index (χ4n) is 2.55. The second-order valence-corrected chi connectivity index (χ2v) is 4.76. The van der Waals surface area contributed by atoms with Crippen LogP contribution in [0.4, 0.5) is 8.78 Å². The van der Waals surface area contributed by atoms with Crippen molar-refractivity contribution in [2.45, 2.75) is 32.8 Å². The van der Waals surface area contributed by atoms with Crippen LogP contribution >= 0.6 is 0 Å². The van der Waals surface area contributed by atoms with Crippen molar-refractivity contribution < 1.29 is 18.3 Å². The van der Waals surface area contributed by atoms with Crippen LogP contribution in [0.5, 0.6) is 11.5 Å². The summed E-state index contributed by atoms with van der Waals surface area (Å²) in [6.45, 7) is 0.102. The smallest absolute Gasteiger partial charge is 0.387 e. The van der Waals surface area contributed by atoms with Gasteiger partial charge in [-0.1, -0.05) is 6.92 Å². The largest absolute Gasteiger partial charge is 0.493 e. The van der Waals surface area contributed by atoms with Crippen molar-refractivity contribution in [3.05, 3.63) is 23.8 Å². The van der Waals surface area contributed by atoms with E-state index in [1.54, 1.807) is 12.1 Å². The average molecular weight is 283 g/mol. The highest BCUT2D eigenvalue weighted by atomic mass is 19.3. The van der Waals surface area contributed by atoms with E-state index in [4.69, 9.17) is 4.74 Å². The number of nitrogens with zero attached hydrogens (tertiary/aromatic N) is 1. The fraction of sp³-hybridized carbons (Fsp3) is 0.533. The van der Waals surface area contributed by atoms with Gasteiger partial charge in [-0.3, -0.25) is 4.99 Å². The van der Waals surface area contributed by atoms with E-state index < -0.39 is 6.61 Å². The highest BCUT2D eigenvalue weighted by Gasteiger charge is 2.21. The van der Waals surface area contributed by atoms with Crippen LogP contribution < -0.4 is 9.47 Å². The Kier molecular flexibility index (Phi) is 4.93. The van der Waals surface area contributed by atoms with Crippen molar-refractivity contribution in [1.29, 1.82) is 0 Å². The van der Waals surface area contributed by atoms with Crippen LogP contribution in [-0.4, -0.2) is 26.0 Å². The van der Waals surface area contributed by atoms with Gasteiger partial charge in [0.05, 0.1) is 7.11 Å². The van der Waals surface area contributed by atoms with E-state index in [1.165, 1.54) is 13.2 Å². The highest BCUT2D eigenvalue weighted by Crippen LogP contribution is 2.32. The molecule has 110 valence electrons. The summed E-state index contributed by atoms with van der Waals surface area (Å²) in [7, 11) is 1.44. The Balaban J connectivity index is 2.31. The zero-order valence-corrected chi connectivity index (χ0v) is 11.7. The molecule has 20 heavy (non-hydrogen) atoms. The highest BCUT2D eigenvalue weighted by molar-refractivity contribution is 6.03. The Bertz CT molecular complexity index is 489. The molecule has 2 rings (SSSR count). The molecule has 1 unspecified atom stereocenters. The quantitative estimate of drug-likeness (QED) is 0.820. The Morgan fingerprint density at radius 3 is 2.80 bits per heavy atom. The van der Waals surface area contributed by atoms with Crippen molar-refractivity contribution in [2.24, 2.45) is 10.9 Å². The molecule has 0 aliphatic carbocycles. The van der Waals surface area contributed by atoms with E-state index in [-0.39, 0.29) is 5.75 Å². The lowest BCUT2D eigenvalue weighted by Gasteiger charge is -2.23. The van der Waals surface area contributed by atoms with E-state index >= 15 is 0 Å². The Morgan fingerprint density at radius 2 is 2.15 bits per heavy atom. The summed E-state index contributed by atoms with van der Waals surface area (Å²) in [5.74, 6) is 0.789. The summed E-state index contributed by atoms with van der Waals surface area (Å²) in [5, 5.41) is 0. The summed E-state index contributed by atoms with van der Waals surface area (Å²) >= 11 is 0. The minimum absolute atomic E-state index is 0.0516.